The Morgan fingerprint density at radius 2 is 2.11 bits per heavy atom. The first-order valence-corrected chi connectivity index (χ1v) is 7.82. The molecule has 1 aliphatic rings. The molecule has 0 bridgehead atoms. The SMILES string of the molecule is CCCCCCN(CCO)C(=O)C1CC(C)CCN1. The van der Waals surface area contributed by atoms with Crippen LogP contribution in [0.2, 0.25) is 0 Å². The molecule has 1 heterocycles. The molecule has 1 saturated heterocycles. The van der Waals surface area contributed by atoms with E-state index >= 15 is 0 Å². The maximum Gasteiger partial charge on any atom is 0.239 e. The molecule has 112 valence electrons. The van der Waals surface area contributed by atoms with E-state index in [0.717, 1.165) is 32.4 Å². The third-order valence-corrected chi connectivity index (χ3v) is 3.93. The molecule has 19 heavy (non-hydrogen) atoms. The molecule has 0 aromatic carbocycles. The number of aliphatic hydroxyl groups is 1. The van der Waals surface area contributed by atoms with Gasteiger partial charge in [-0.3, -0.25) is 4.79 Å². The van der Waals surface area contributed by atoms with Gasteiger partial charge in [0.15, 0.2) is 0 Å². The first-order valence-electron chi connectivity index (χ1n) is 7.82. The Labute approximate surface area is 117 Å². The number of carbonyl (C=O) groups is 1. The first-order chi connectivity index (χ1) is 9.19. The van der Waals surface area contributed by atoms with Crippen LogP contribution in [-0.2, 0) is 4.79 Å². The van der Waals surface area contributed by atoms with Crippen LogP contribution < -0.4 is 5.32 Å². The lowest BCUT2D eigenvalue weighted by Crippen LogP contribution is -2.50. The van der Waals surface area contributed by atoms with Crippen molar-refractivity contribution in [3.8, 4) is 0 Å². The van der Waals surface area contributed by atoms with E-state index in [0.29, 0.717) is 12.5 Å². The van der Waals surface area contributed by atoms with Gasteiger partial charge in [-0.05, 0) is 31.7 Å². The second-order valence-corrected chi connectivity index (χ2v) is 5.75. The summed E-state index contributed by atoms with van der Waals surface area (Å²) in [7, 11) is 0. The zero-order valence-corrected chi connectivity index (χ0v) is 12.5. The third-order valence-electron chi connectivity index (χ3n) is 3.93. The average Bonchev–Trinajstić information content (AvgIpc) is 2.41. The Balaban J connectivity index is 2.42. The molecule has 1 amide bonds. The molecule has 1 rings (SSSR count). The lowest BCUT2D eigenvalue weighted by molar-refractivity contribution is -0.135. The average molecular weight is 270 g/mol. The Morgan fingerprint density at radius 3 is 2.74 bits per heavy atom. The molecule has 4 nitrogen and oxygen atoms in total. The zero-order valence-electron chi connectivity index (χ0n) is 12.5. The van der Waals surface area contributed by atoms with Crippen molar-refractivity contribution in [3.63, 3.8) is 0 Å². The highest BCUT2D eigenvalue weighted by atomic mass is 16.3. The summed E-state index contributed by atoms with van der Waals surface area (Å²) in [5.74, 6) is 0.795. The van der Waals surface area contributed by atoms with Crippen LogP contribution in [0.5, 0.6) is 0 Å². The van der Waals surface area contributed by atoms with Gasteiger partial charge >= 0.3 is 0 Å². The summed E-state index contributed by atoms with van der Waals surface area (Å²) < 4.78 is 0. The molecule has 0 saturated carbocycles. The van der Waals surface area contributed by atoms with E-state index in [9.17, 15) is 4.79 Å². The topological polar surface area (TPSA) is 52.6 Å². The minimum Gasteiger partial charge on any atom is -0.395 e. The van der Waals surface area contributed by atoms with Crippen molar-refractivity contribution < 1.29 is 9.90 Å². The summed E-state index contributed by atoms with van der Waals surface area (Å²) in [5.41, 5.74) is 0. The minimum atomic E-state index is -0.0403. The number of nitrogens with one attached hydrogen (secondary N) is 1. The largest absolute Gasteiger partial charge is 0.395 e. The fourth-order valence-corrected chi connectivity index (χ4v) is 2.70. The number of hydrogen-bond donors (Lipinski definition) is 2. The van der Waals surface area contributed by atoms with Crippen molar-refractivity contribution in [2.75, 3.05) is 26.2 Å². The third kappa shape index (κ3) is 5.91. The molecule has 2 atom stereocenters. The van der Waals surface area contributed by atoms with Gasteiger partial charge in [-0.25, -0.2) is 0 Å². The van der Waals surface area contributed by atoms with Crippen LogP contribution in [0.15, 0.2) is 0 Å². The van der Waals surface area contributed by atoms with Gasteiger partial charge < -0.3 is 15.3 Å². The Hall–Kier alpha value is -0.610. The molecule has 1 aliphatic heterocycles. The number of piperidine rings is 1. The number of aliphatic hydroxyl groups excluding tert-OH is 1. The molecule has 0 aromatic heterocycles. The Bertz CT molecular complexity index is 259. The molecule has 0 aliphatic carbocycles. The second-order valence-electron chi connectivity index (χ2n) is 5.75. The number of hydrogen-bond acceptors (Lipinski definition) is 3. The number of unbranched alkanes of at least 4 members (excludes halogenated alkanes) is 3. The predicted octanol–water partition coefficient (Wildman–Crippen LogP) is 1.78. The van der Waals surface area contributed by atoms with Crippen LogP contribution >= 0.6 is 0 Å². The van der Waals surface area contributed by atoms with E-state index in [4.69, 9.17) is 5.11 Å². The van der Waals surface area contributed by atoms with Crippen LogP contribution in [-0.4, -0.2) is 48.2 Å². The molecule has 0 spiro atoms. The maximum atomic E-state index is 12.4. The van der Waals surface area contributed by atoms with E-state index < -0.39 is 0 Å². The number of carbonyl (C=O) groups excluding carboxylic acids is 1. The van der Waals surface area contributed by atoms with Crippen molar-refractivity contribution in [2.45, 2.75) is 58.4 Å². The zero-order chi connectivity index (χ0) is 14.1. The van der Waals surface area contributed by atoms with Gasteiger partial charge in [0.25, 0.3) is 0 Å². The summed E-state index contributed by atoms with van der Waals surface area (Å²) >= 11 is 0. The van der Waals surface area contributed by atoms with Crippen LogP contribution in [0.1, 0.15) is 52.4 Å². The highest BCUT2D eigenvalue weighted by Crippen LogP contribution is 2.17. The number of rotatable bonds is 8. The number of amides is 1. The fourth-order valence-electron chi connectivity index (χ4n) is 2.70. The summed E-state index contributed by atoms with van der Waals surface area (Å²) in [6.07, 6.45) is 6.72. The first kappa shape index (κ1) is 16.4. The smallest absolute Gasteiger partial charge is 0.239 e. The van der Waals surface area contributed by atoms with Gasteiger partial charge in [-0.1, -0.05) is 33.1 Å². The highest BCUT2D eigenvalue weighted by molar-refractivity contribution is 5.82. The summed E-state index contributed by atoms with van der Waals surface area (Å²) in [5, 5.41) is 12.4. The lowest BCUT2D eigenvalue weighted by atomic mass is 9.93. The molecular weight excluding hydrogens is 240 g/mol. The summed E-state index contributed by atoms with van der Waals surface area (Å²) in [6.45, 7) is 6.63. The standard InChI is InChI=1S/C15H30N2O2/c1-3-4-5-6-9-17(10-11-18)15(19)14-12-13(2)7-8-16-14/h13-14,16,18H,3-12H2,1-2H3. The van der Waals surface area contributed by atoms with Crippen LogP contribution in [0, 0.1) is 5.92 Å². The van der Waals surface area contributed by atoms with Crippen LogP contribution in [0.25, 0.3) is 0 Å². The molecule has 2 unspecified atom stereocenters. The van der Waals surface area contributed by atoms with Gasteiger partial charge in [-0.15, -0.1) is 0 Å². The highest BCUT2D eigenvalue weighted by Gasteiger charge is 2.27. The van der Waals surface area contributed by atoms with Gasteiger partial charge in [0.2, 0.25) is 5.91 Å². The Kier molecular flexibility index (Phi) is 8.07. The fraction of sp³-hybridized carbons (Fsp3) is 0.933. The molecule has 1 fully saturated rings. The van der Waals surface area contributed by atoms with Crippen molar-refractivity contribution >= 4 is 5.91 Å². The normalized spacial score (nSPS) is 23.3. The summed E-state index contributed by atoms with van der Waals surface area (Å²) in [6, 6.07) is -0.0403. The van der Waals surface area contributed by atoms with E-state index in [1.807, 2.05) is 4.90 Å². The van der Waals surface area contributed by atoms with Crippen molar-refractivity contribution in [1.29, 1.82) is 0 Å². The van der Waals surface area contributed by atoms with Gasteiger partial charge in [0.1, 0.15) is 0 Å². The summed E-state index contributed by atoms with van der Waals surface area (Å²) in [4.78, 5) is 14.3. The quantitative estimate of drug-likeness (QED) is 0.661. The van der Waals surface area contributed by atoms with Crippen molar-refractivity contribution in [2.24, 2.45) is 5.92 Å². The van der Waals surface area contributed by atoms with Gasteiger partial charge in [0, 0.05) is 13.1 Å². The number of nitrogens with zero attached hydrogens (tertiary/aromatic N) is 1. The molecule has 2 N–H and O–H groups in total. The minimum absolute atomic E-state index is 0.0403. The monoisotopic (exact) mass is 270 g/mol. The van der Waals surface area contributed by atoms with Crippen LogP contribution in [0.4, 0.5) is 0 Å². The van der Waals surface area contributed by atoms with Crippen molar-refractivity contribution in [3.05, 3.63) is 0 Å². The molecular formula is C15H30N2O2. The van der Waals surface area contributed by atoms with E-state index in [1.165, 1.54) is 19.3 Å². The van der Waals surface area contributed by atoms with Crippen LogP contribution in [0.3, 0.4) is 0 Å². The molecule has 0 radical (unpaired) electrons. The second kappa shape index (κ2) is 9.32. The van der Waals surface area contributed by atoms with Crippen molar-refractivity contribution in [1.82, 2.24) is 10.2 Å². The lowest BCUT2D eigenvalue weighted by Gasteiger charge is -2.32. The van der Waals surface area contributed by atoms with E-state index in [-0.39, 0.29) is 18.6 Å². The van der Waals surface area contributed by atoms with E-state index in [1.54, 1.807) is 0 Å². The van der Waals surface area contributed by atoms with Gasteiger partial charge in [-0.2, -0.15) is 0 Å². The maximum absolute atomic E-state index is 12.4. The molecule has 4 heteroatoms. The molecule has 0 aromatic rings. The Morgan fingerprint density at radius 1 is 1.32 bits per heavy atom. The van der Waals surface area contributed by atoms with E-state index in [2.05, 4.69) is 19.2 Å². The predicted molar refractivity (Wildman–Crippen MR) is 78.0 cm³/mol. The van der Waals surface area contributed by atoms with Gasteiger partial charge in [0.05, 0.1) is 12.6 Å².